The van der Waals surface area contributed by atoms with Gasteiger partial charge in [-0.1, -0.05) is 6.07 Å². The molecule has 0 radical (unpaired) electrons. The molecule has 2 aromatic rings. The number of aryl methyl sites for hydroxylation is 2. The van der Waals surface area contributed by atoms with Crippen LogP contribution >= 0.6 is 0 Å². The van der Waals surface area contributed by atoms with Crippen LogP contribution in [0, 0.1) is 0 Å². The summed E-state index contributed by atoms with van der Waals surface area (Å²) in [6.45, 7) is 0.870. The Balaban J connectivity index is 1.61. The molecule has 0 saturated carbocycles. The highest BCUT2D eigenvalue weighted by molar-refractivity contribution is 5.38. The average molecular weight is 272 g/mol. The monoisotopic (exact) mass is 272 g/mol. The molecule has 1 heterocycles. The number of nitrogens with zero attached hydrogens (tertiary/aromatic N) is 3. The standard InChI is InChI=1S/C15H20N4O/c1-19-10-17-15(18-19)7-8-16-14-4-2-3-11-9-12(20)5-6-13(11)14/h5-6,9-10,14,16,20H,2-4,7-8H2,1H3. The van der Waals surface area contributed by atoms with E-state index in [1.54, 1.807) is 17.1 Å². The number of nitrogens with one attached hydrogen (secondary N) is 1. The lowest BCUT2D eigenvalue weighted by Gasteiger charge is -2.26. The first-order valence-electron chi connectivity index (χ1n) is 7.12. The van der Waals surface area contributed by atoms with E-state index in [0.29, 0.717) is 11.8 Å². The zero-order valence-electron chi connectivity index (χ0n) is 11.7. The van der Waals surface area contributed by atoms with Crippen LogP contribution in [0.25, 0.3) is 0 Å². The third-order valence-corrected chi connectivity index (χ3v) is 3.83. The van der Waals surface area contributed by atoms with E-state index in [9.17, 15) is 5.11 Å². The Morgan fingerprint density at radius 2 is 2.35 bits per heavy atom. The molecule has 3 rings (SSSR count). The molecule has 106 valence electrons. The second kappa shape index (κ2) is 5.63. The van der Waals surface area contributed by atoms with Gasteiger partial charge in [0.1, 0.15) is 12.1 Å². The molecule has 0 fully saturated rings. The Morgan fingerprint density at radius 3 is 3.15 bits per heavy atom. The molecule has 0 saturated heterocycles. The van der Waals surface area contributed by atoms with E-state index >= 15 is 0 Å². The largest absolute Gasteiger partial charge is 0.508 e. The van der Waals surface area contributed by atoms with Crippen molar-refractivity contribution in [1.82, 2.24) is 20.1 Å². The van der Waals surface area contributed by atoms with Gasteiger partial charge in [0.2, 0.25) is 0 Å². The molecule has 1 unspecified atom stereocenters. The van der Waals surface area contributed by atoms with Crippen LogP contribution in [0.2, 0.25) is 0 Å². The summed E-state index contributed by atoms with van der Waals surface area (Å²) in [6, 6.07) is 6.09. The molecule has 1 aromatic heterocycles. The van der Waals surface area contributed by atoms with Crippen molar-refractivity contribution in [3.63, 3.8) is 0 Å². The first kappa shape index (κ1) is 13.1. The van der Waals surface area contributed by atoms with Gasteiger partial charge >= 0.3 is 0 Å². The molecule has 2 N–H and O–H groups in total. The van der Waals surface area contributed by atoms with Crippen LogP contribution in [0.1, 0.15) is 35.8 Å². The maximum absolute atomic E-state index is 9.56. The third-order valence-electron chi connectivity index (χ3n) is 3.83. The van der Waals surface area contributed by atoms with Crippen LogP contribution in [0.5, 0.6) is 5.75 Å². The molecule has 1 aromatic carbocycles. The van der Waals surface area contributed by atoms with Gasteiger partial charge < -0.3 is 10.4 Å². The van der Waals surface area contributed by atoms with Gasteiger partial charge in [-0.25, -0.2) is 4.98 Å². The van der Waals surface area contributed by atoms with Crippen molar-refractivity contribution in [3.8, 4) is 5.75 Å². The summed E-state index contributed by atoms with van der Waals surface area (Å²) in [4.78, 5) is 4.23. The SMILES string of the molecule is Cn1cnc(CCNC2CCCc3cc(O)ccc32)n1. The number of aromatic nitrogens is 3. The highest BCUT2D eigenvalue weighted by Gasteiger charge is 2.19. The number of phenolic OH excluding ortho intramolecular Hbond substituents is 1. The fourth-order valence-corrected chi connectivity index (χ4v) is 2.87. The Hall–Kier alpha value is -1.88. The highest BCUT2D eigenvalue weighted by Crippen LogP contribution is 2.31. The van der Waals surface area contributed by atoms with Crippen molar-refractivity contribution >= 4 is 0 Å². The molecule has 5 heteroatoms. The van der Waals surface area contributed by atoms with Gasteiger partial charge in [-0.2, -0.15) is 5.10 Å². The maximum atomic E-state index is 9.56. The Morgan fingerprint density at radius 1 is 1.45 bits per heavy atom. The van der Waals surface area contributed by atoms with E-state index in [1.165, 1.54) is 11.1 Å². The fourth-order valence-electron chi connectivity index (χ4n) is 2.87. The summed E-state index contributed by atoms with van der Waals surface area (Å²) in [5.41, 5.74) is 2.59. The van der Waals surface area contributed by atoms with E-state index in [0.717, 1.165) is 38.1 Å². The summed E-state index contributed by atoms with van der Waals surface area (Å²) >= 11 is 0. The van der Waals surface area contributed by atoms with Crippen LogP contribution in [-0.2, 0) is 19.9 Å². The van der Waals surface area contributed by atoms with Crippen LogP contribution in [-0.4, -0.2) is 26.4 Å². The molecule has 5 nitrogen and oxygen atoms in total. The highest BCUT2D eigenvalue weighted by atomic mass is 16.3. The van der Waals surface area contributed by atoms with E-state index in [2.05, 4.69) is 15.4 Å². The van der Waals surface area contributed by atoms with E-state index in [1.807, 2.05) is 19.2 Å². The van der Waals surface area contributed by atoms with Gasteiger partial charge in [-0.15, -0.1) is 0 Å². The van der Waals surface area contributed by atoms with Crippen molar-refractivity contribution in [2.75, 3.05) is 6.54 Å². The summed E-state index contributed by atoms with van der Waals surface area (Å²) in [7, 11) is 1.88. The number of hydrogen-bond donors (Lipinski definition) is 2. The first-order chi connectivity index (χ1) is 9.72. The van der Waals surface area contributed by atoms with Crippen LogP contribution < -0.4 is 5.32 Å². The molecule has 0 amide bonds. The summed E-state index contributed by atoms with van der Waals surface area (Å²) < 4.78 is 1.73. The minimum Gasteiger partial charge on any atom is -0.508 e. The normalized spacial score (nSPS) is 17.9. The molecule has 0 aliphatic heterocycles. The van der Waals surface area contributed by atoms with Gasteiger partial charge in [-0.3, -0.25) is 4.68 Å². The summed E-state index contributed by atoms with van der Waals surface area (Å²) in [5.74, 6) is 1.24. The molecule has 1 aliphatic carbocycles. The minimum atomic E-state index is 0.363. The molecule has 20 heavy (non-hydrogen) atoms. The Labute approximate surface area is 118 Å². The number of phenols is 1. The van der Waals surface area contributed by atoms with Gasteiger partial charge in [-0.05, 0) is 42.5 Å². The second-order valence-corrected chi connectivity index (χ2v) is 5.37. The third kappa shape index (κ3) is 2.82. The Bertz CT molecular complexity index is 593. The molecular weight excluding hydrogens is 252 g/mol. The quantitative estimate of drug-likeness (QED) is 0.889. The lowest BCUT2D eigenvalue weighted by atomic mass is 9.87. The van der Waals surface area contributed by atoms with Gasteiger partial charge in [0.05, 0.1) is 0 Å². The predicted molar refractivity (Wildman–Crippen MR) is 76.5 cm³/mol. The topological polar surface area (TPSA) is 63.0 Å². The van der Waals surface area contributed by atoms with Crippen LogP contribution in [0.3, 0.4) is 0 Å². The molecule has 0 spiro atoms. The number of benzene rings is 1. The fraction of sp³-hybridized carbons (Fsp3) is 0.467. The number of hydrogen-bond acceptors (Lipinski definition) is 4. The number of fused-ring (bicyclic) bond motifs is 1. The minimum absolute atomic E-state index is 0.363. The summed E-state index contributed by atoms with van der Waals surface area (Å²) in [5, 5.41) is 17.4. The van der Waals surface area contributed by atoms with E-state index in [-0.39, 0.29) is 0 Å². The lowest BCUT2D eigenvalue weighted by molar-refractivity contribution is 0.450. The Kier molecular flexibility index (Phi) is 3.69. The van der Waals surface area contributed by atoms with Crippen LogP contribution in [0.4, 0.5) is 0 Å². The van der Waals surface area contributed by atoms with Crippen molar-refractivity contribution in [2.24, 2.45) is 7.05 Å². The zero-order chi connectivity index (χ0) is 13.9. The first-order valence-corrected chi connectivity index (χ1v) is 7.12. The molecule has 1 atom stereocenters. The maximum Gasteiger partial charge on any atom is 0.151 e. The zero-order valence-corrected chi connectivity index (χ0v) is 11.7. The van der Waals surface area contributed by atoms with Crippen molar-refractivity contribution < 1.29 is 5.11 Å². The molecule has 0 bridgehead atoms. The molecule has 1 aliphatic rings. The molecular formula is C15H20N4O. The van der Waals surface area contributed by atoms with Crippen molar-refractivity contribution in [1.29, 1.82) is 0 Å². The number of aromatic hydroxyl groups is 1. The van der Waals surface area contributed by atoms with Gasteiger partial charge in [0, 0.05) is 26.1 Å². The second-order valence-electron chi connectivity index (χ2n) is 5.37. The van der Waals surface area contributed by atoms with Gasteiger partial charge in [0.15, 0.2) is 5.82 Å². The average Bonchev–Trinajstić information content (AvgIpc) is 2.84. The van der Waals surface area contributed by atoms with Crippen LogP contribution in [0.15, 0.2) is 24.5 Å². The lowest BCUT2D eigenvalue weighted by Crippen LogP contribution is -2.27. The smallest absolute Gasteiger partial charge is 0.151 e. The summed E-state index contributed by atoms with van der Waals surface area (Å²) in [6.07, 6.45) is 5.94. The number of rotatable bonds is 4. The van der Waals surface area contributed by atoms with Crippen molar-refractivity contribution in [3.05, 3.63) is 41.5 Å². The van der Waals surface area contributed by atoms with Crippen molar-refractivity contribution in [2.45, 2.75) is 31.7 Å². The van der Waals surface area contributed by atoms with Gasteiger partial charge in [0.25, 0.3) is 0 Å². The predicted octanol–water partition coefficient (Wildman–Crippen LogP) is 1.73. The van der Waals surface area contributed by atoms with E-state index in [4.69, 9.17) is 0 Å². The van der Waals surface area contributed by atoms with E-state index < -0.39 is 0 Å².